The van der Waals surface area contributed by atoms with Gasteiger partial charge in [0.15, 0.2) is 0 Å². The van der Waals surface area contributed by atoms with Crippen LogP contribution < -0.4 is 0 Å². The minimum atomic E-state index is -1.03. The van der Waals surface area contributed by atoms with Crippen molar-refractivity contribution in [3.63, 3.8) is 0 Å². The summed E-state index contributed by atoms with van der Waals surface area (Å²) in [4.78, 5) is 0. The lowest BCUT2D eigenvalue weighted by atomic mass is 10.2. The molecule has 0 aromatic carbocycles. The molecule has 0 heterocycles. The number of halogens is 1. The summed E-state index contributed by atoms with van der Waals surface area (Å²) in [6.07, 6.45) is -0.852. The average molecular weight is 118 g/mol. The summed E-state index contributed by atoms with van der Waals surface area (Å²) in [5.74, 6) is 0. The van der Waals surface area contributed by atoms with E-state index in [1.807, 2.05) is 0 Å². The maximum absolute atomic E-state index is 12.3. The van der Waals surface area contributed by atoms with Gasteiger partial charge in [0, 0.05) is 13.0 Å². The highest BCUT2D eigenvalue weighted by molar-refractivity contribution is 4.96. The quantitative estimate of drug-likeness (QED) is 0.553. The summed E-state index contributed by atoms with van der Waals surface area (Å²) in [6.45, 7) is 4.90. The van der Waals surface area contributed by atoms with Gasteiger partial charge in [0.2, 0.25) is 0 Å². The summed E-state index contributed by atoms with van der Waals surface area (Å²) in [7, 11) is 0. The van der Waals surface area contributed by atoms with Gasteiger partial charge in [-0.15, -0.1) is 0 Å². The van der Waals surface area contributed by atoms with Gasteiger partial charge in [-0.1, -0.05) is 6.58 Å². The Morgan fingerprint density at radius 3 is 2.50 bits per heavy atom. The zero-order valence-electron chi connectivity index (χ0n) is 5.02. The first kappa shape index (κ1) is 7.63. The van der Waals surface area contributed by atoms with E-state index in [0.29, 0.717) is 5.57 Å². The van der Waals surface area contributed by atoms with Gasteiger partial charge in [0.1, 0.15) is 6.17 Å². The third kappa shape index (κ3) is 2.75. The Hall–Kier alpha value is -0.370. The smallest absolute Gasteiger partial charge is 0.123 e. The predicted molar refractivity (Wildman–Crippen MR) is 31.4 cm³/mol. The van der Waals surface area contributed by atoms with Crippen molar-refractivity contribution in [1.29, 1.82) is 0 Å². The molecule has 1 N–H and O–H groups in total. The van der Waals surface area contributed by atoms with Crippen molar-refractivity contribution in [3.05, 3.63) is 12.2 Å². The van der Waals surface area contributed by atoms with E-state index in [1.165, 1.54) is 0 Å². The fraction of sp³-hybridized carbons (Fsp3) is 0.667. The fourth-order valence-corrected chi connectivity index (χ4v) is 0.360. The molecule has 0 aromatic rings. The molecule has 0 bridgehead atoms. The Bertz CT molecular complexity index is 80.6. The number of allylic oxidation sites excluding steroid dienone is 1. The number of rotatable bonds is 3. The number of alkyl halides is 1. The molecule has 0 amide bonds. The highest BCUT2D eigenvalue weighted by atomic mass is 19.1. The van der Waals surface area contributed by atoms with Crippen LogP contribution in [0.5, 0.6) is 0 Å². The lowest BCUT2D eigenvalue weighted by molar-refractivity contribution is 0.239. The van der Waals surface area contributed by atoms with Gasteiger partial charge in [-0.25, -0.2) is 4.39 Å². The van der Waals surface area contributed by atoms with E-state index in [1.54, 1.807) is 6.92 Å². The van der Waals surface area contributed by atoms with Gasteiger partial charge in [-0.3, -0.25) is 0 Å². The molecule has 0 rings (SSSR count). The maximum atomic E-state index is 12.3. The molecule has 0 fully saturated rings. The lowest BCUT2D eigenvalue weighted by Gasteiger charge is -2.02. The van der Waals surface area contributed by atoms with E-state index in [4.69, 9.17) is 5.11 Å². The SMILES string of the molecule is C=C(C)[C@@H](F)CCO. The van der Waals surface area contributed by atoms with Crippen molar-refractivity contribution in [2.24, 2.45) is 0 Å². The summed E-state index contributed by atoms with van der Waals surface area (Å²) in [5, 5.41) is 8.20. The Morgan fingerprint density at radius 2 is 2.38 bits per heavy atom. The van der Waals surface area contributed by atoms with Crippen LogP contribution in [0.25, 0.3) is 0 Å². The summed E-state index contributed by atoms with van der Waals surface area (Å²) in [5.41, 5.74) is 0.485. The molecule has 2 heteroatoms. The van der Waals surface area contributed by atoms with Crippen LogP contribution >= 0.6 is 0 Å². The Labute approximate surface area is 48.8 Å². The molecule has 0 radical (unpaired) electrons. The monoisotopic (exact) mass is 118 g/mol. The van der Waals surface area contributed by atoms with Gasteiger partial charge in [0.05, 0.1) is 0 Å². The van der Waals surface area contributed by atoms with E-state index in [9.17, 15) is 4.39 Å². The minimum absolute atomic E-state index is 0.103. The largest absolute Gasteiger partial charge is 0.396 e. The molecule has 0 aromatic heterocycles. The molecule has 1 atom stereocenters. The lowest BCUT2D eigenvalue weighted by Crippen LogP contribution is -2.02. The van der Waals surface area contributed by atoms with E-state index in [0.717, 1.165) is 0 Å². The highest BCUT2D eigenvalue weighted by Gasteiger charge is 2.03. The van der Waals surface area contributed by atoms with Crippen LogP contribution in [0.1, 0.15) is 13.3 Å². The van der Waals surface area contributed by atoms with Crippen LogP contribution in [-0.2, 0) is 0 Å². The van der Waals surface area contributed by atoms with Gasteiger partial charge in [-0.05, 0) is 12.5 Å². The average Bonchev–Trinajstić information content (AvgIpc) is 1.67. The van der Waals surface area contributed by atoms with E-state index >= 15 is 0 Å². The number of hydrogen-bond acceptors (Lipinski definition) is 1. The zero-order chi connectivity index (χ0) is 6.57. The van der Waals surface area contributed by atoms with Crippen molar-refractivity contribution in [3.8, 4) is 0 Å². The van der Waals surface area contributed by atoms with E-state index in [2.05, 4.69) is 6.58 Å². The van der Waals surface area contributed by atoms with Crippen molar-refractivity contribution >= 4 is 0 Å². The second-order valence-corrected chi connectivity index (χ2v) is 1.83. The van der Waals surface area contributed by atoms with Crippen LogP contribution in [-0.4, -0.2) is 17.9 Å². The maximum Gasteiger partial charge on any atom is 0.123 e. The summed E-state index contributed by atoms with van der Waals surface area (Å²) < 4.78 is 12.3. The number of hydrogen-bond donors (Lipinski definition) is 1. The molecule has 8 heavy (non-hydrogen) atoms. The van der Waals surface area contributed by atoms with Crippen molar-refractivity contribution < 1.29 is 9.50 Å². The zero-order valence-corrected chi connectivity index (χ0v) is 5.02. The van der Waals surface area contributed by atoms with E-state index in [-0.39, 0.29) is 13.0 Å². The molecular formula is C6H11FO. The molecule has 0 aliphatic rings. The van der Waals surface area contributed by atoms with Crippen LogP contribution in [0.4, 0.5) is 4.39 Å². The van der Waals surface area contributed by atoms with Gasteiger partial charge in [0.25, 0.3) is 0 Å². The number of aliphatic hydroxyl groups is 1. The molecule has 0 aliphatic heterocycles. The van der Waals surface area contributed by atoms with Crippen LogP contribution in [0.3, 0.4) is 0 Å². The first-order valence-corrected chi connectivity index (χ1v) is 2.58. The van der Waals surface area contributed by atoms with Crippen molar-refractivity contribution in [2.45, 2.75) is 19.5 Å². The predicted octanol–water partition coefficient (Wildman–Crippen LogP) is 1.28. The van der Waals surface area contributed by atoms with Crippen LogP contribution in [0.2, 0.25) is 0 Å². The normalized spacial score (nSPS) is 13.4. The van der Waals surface area contributed by atoms with Gasteiger partial charge in [-0.2, -0.15) is 0 Å². The minimum Gasteiger partial charge on any atom is -0.396 e. The fourth-order valence-electron chi connectivity index (χ4n) is 0.360. The molecule has 0 aliphatic carbocycles. The van der Waals surface area contributed by atoms with Crippen LogP contribution in [0.15, 0.2) is 12.2 Å². The summed E-state index contributed by atoms with van der Waals surface area (Å²) in [6, 6.07) is 0. The molecule has 1 nitrogen and oxygen atoms in total. The highest BCUT2D eigenvalue weighted by Crippen LogP contribution is 2.05. The van der Waals surface area contributed by atoms with Crippen molar-refractivity contribution in [1.82, 2.24) is 0 Å². The first-order chi connectivity index (χ1) is 3.68. The van der Waals surface area contributed by atoms with Gasteiger partial charge < -0.3 is 5.11 Å². The molecule has 0 spiro atoms. The Kier molecular flexibility index (Phi) is 3.44. The summed E-state index contributed by atoms with van der Waals surface area (Å²) >= 11 is 0. The first-order valence-electron chi connectivity index (χ1n) is 2.58. The molecule has 0 unspecified atom stereocenters. The second kappa shape index (κ2) is 3.61. The topological polar surface area (TPSA) is 20.2 Å². The second-order valence-electron chi connectivity index (χ2n) is 1.83. The van der Waals surface area contributed by atoms with Crippen LogP contribution in [0, 0.1) is 0 Å². The Morgan fingerprint density at radius 1 is 1.88 bits per heavy atom. The molecule has 0 saturated heterocycles. The third-order valence-electron chi connectivity index (χ3n) is 0.917. The standard InChI is InChI=1S/C6H11FO/c1-5(2)6(7)3-4-8/h6,8H,1,3-4H2,2H3/t6-/m0/s1. The Balaban J connectivity index is 3.32. The third-order valence-corrected chi connectivity index (χ3v) is 0.917. The molecule has 48 valence electrons. The van der Waals surface area contributed by atoms with Crippen molar-refractivity contribution in [2.75, 3.05) is 6.61 Å². The number of aliphatic hydroxyl groups excluding tert-OH is 1. The molecule has 0 saturated carbocycles. The van der Waals surface area contributed by atoms with E-state index < -0.39 is 6.17 Å². The molecular weight excluding hydrogens is 107 g/mol. The van der Waals surface area contributed by atoms with Gasteiger partial charge >= 0.3 is 0 Å².